The molecule has 1 aliphatic rings. The molecule has 0 bridgehead atoms. The van der Waals surface area contributed by atoms with Crippen molar-refractivity contribution in [3.63, 3.8) is 0 Å². The van der Waals surface area contributed by atoms with Gasteiger partial charge in [-0.2, -0.15) is 0 Å². The molecule has 0 spiro atoms. The number of ether oxygens (including phenoxy) is 2. The first kappa shape index (κ1) is 27.9. The molecule has 7 nitrogen and oxygen atoms in total. The number of anilines is 1. The predicted molar refractivity (Wildman–Crippen MR) is 144 cm³/mol. The molecule has 0 saturated carbocycles. The van der Waals surface area contributed by atoms with Crippen molar-refractivity contribution in [3.8, 4) is 17.2 Å². The average Bonchev–Trinajstić information content (AvgIpc) is 3.38. The molecule has 1 N–H and O–H groups in total. The van der Waals surface area contributed by atoms with Gasteiger partial charge in [-0.05, 0) is 92.2 Å². The second kappa shape index (κ2) is 12.5. The number of nitrogens with zero attached hydrogens (tertiary/aromatic N) is 2. The van der Waals surface area contributed by atoms with Crippen LogP contribution in [0.25, 0.3) is 0 Å². The van der Waals surface area contributed by atoms with Crippen molar-refractivity contribution in [2.24, 2.45) is 0 Å². The number of aromatic hydroxyl groups is 1. The van der Waals surface area contributed by atoms with Crippen molar-refractivity contribution in [1.82, 2.24) is 4.90 Å². The van der Waals surface area contributed by atoms with Gasteiger partial charge in [-0.3, -0.25) is 9.21 Å². The fourth-order valence-electron chi connectivity index (χ4n) is 4.02. The molecular formula is C26H30Cl2N2O5S. The standard InChI is InChI=1S/C26H29ClN2O5S.ClH/c1-33-23-10-12-25(13-11-23)35(31,32)29(19-20-4-7-22(30)18-26(20)27)21-5-8-24(9-6-21)34-17-16-28-14-2-3-15-28;/h4-13,18,30H,2-3,14-17,19H2,1H3;1H. The normalized spacial score (nSPS) is 13.7. The predicted octanol–water partition coefficient (Wildman–Crippen LogP) is 5.35. The smallest absolute Gasteiger partial charge is 0.264 e. The van der Waals surface area contributed by atoms with E-state index in [1.807, 2.05) is 0 Å². The van der Waals surface area contributed by atoms with E-state index < -0.39 is 10.0 Å². The van der Waals surface area contributed by atoms with Crippen LogP contribution in [0.1, 0.15) is 18.4 Å². The number of rotatable bonds is 10. The van der Waals surface area contributed by atoms with E-state index in [0.717, 1.165) is 19.6 Å². The number of phenols is 1. The molecule has 10 heteroatoms. The maximum atomic E-state index is 13.7. The lowest BCUT2D eigenvalue weighted by molar-refractivity contribution is 0.238. The van der Waals surface area contributed by atoms with Crippen LogP contribution in [0.5, 0.6) is 17.2 Å². The van der Waals surface area contributed by atoms with E-state index in [1.54, 1.807) is 42.5 Å². The number of phenolic OH excluding ortho intramolecular Hbond substituents is 1. The number of likely N-dealkylation sites (tertiary alicyclic amines) is 1. The van der Waals surface area contributed by atoms with E-state index in [2.05, 4.69) is 4.90 Å². The maximum Gasteiger partial charge on any atom is 0.264 e. The summed E-state index contributed by atoms with van der Waals surface area (Å²) in [6.07, 6.45) is 2.47. The van der Waals surface area contributed by atoms with E-state index in [9.17, 15) is 13.5 Å². The van der Waals surface area contributed by atoms with E-state index >= 15 is 0 Å². The number of halogens is 2. The summed E-state index contributed by atoms with van der Waals surface area (Å²) in [7, 11) is -2.41. The van der Waals surface area contributed by atoms with Crippen LogP contribution in [0.4, 0.5) is 5.69 Å². The van der Waals surface area contributed by atoms with Gasteiger partial charge in [0.25, 0.3) is 10.0 Å². The van der Waals surface area contributed by atoms with Gasteiger partial charge >= 0.3 is 0 Å². The molecule has 194 valence electrons. The van der Waals surface area contributed by atoms with Crippen LogP contribution < -0.4 is 13.8 Å². The molecule has 1 saturated heterocycles. The zero-order valence-corrected chi connectivity index (χ0v) is 22.4. The number of methoxy groups -OCH3 is 1. The summed E-state index contributed by atoms with van der Waals surface area (Å²) in [5, 5.41) is 9.98. The van der Waals surface area contributed by atoms with Crippen LogP contribution >= 0.6 is 24.0 Å². The second-order valence-corrected chi connectivity index (χ2v) is 10.6. The molecule has 0 aromatic heterocycles. The molecule has 0 unspecified atom stereocenters. The van der Waals surface area contributed by atoms with Crippen molar-refractivity contribution in [3.05, 3.63) is 77.3 Å². The zero-order chi connectivity index (χ0) is 24.8. The van der Waals surface area contributed by atoms with E-state index in [1.165, 1.54) is 48.5 Å². The molecule has 1 fully saturated rings. The average molecular weight is 554 g/mol. The Morgan fingerprint density at radius 1 is 0.972 bits per heavy atom. The number of benzene rings is 3. The van der Waals surface area contributed by atoms with Crippen LogP contribution in [-0.4, -0.2) is 51.8 Å². The number of hydrogen-bond acceptors (Lipinski definition) is 6. The number of sulfonamides is 1. The van der Waals surface area contributed by atoms with Gasteiger partial charge in [-0.1, -0.05) is 17.7 Å². The zero-order valence-electron chi connectivity index (χ0n) is 20.0. The molecule has 0 aliphatic carbocycles. The largest absolute Gasteiger partial charge is 0.508 e. The minimum atomic E-state index is -3.94. The van der Waals surface area contributed by atoms with Gasteiger partial charge in [0, 0.05) is 11.6 Å². The second-order valence-electron chi connectivity index (χ2n) is 8.35. The first-order valence-electron chi connectivity index (χ1n) is 11.5. The minimum absolute atomic E-state index is 0. The third kappa shape index (κ3) is 6.76. The Labute approximate surface area is 223 Å². The first-order valence-corrected chi connectivity index (χ1v) is 13.3. The molecule has 3 aromatic carbocycles. The van der Waals surface area contributed by atoms with Crippen molar-refractivity contribution < 1.29 is 23.0 Å². The Hall–Kier alpha value is -2.65. The molecule has 0 radical (unpaired) electrons. The fourth-order valence-corrected chi connectivity index (χ4v) is 5.69. The molecular weight excluding hydrogens is 523 g/mol. The Bertz CT molecular complexity index is 1230. The molecule has 0 amide bonds. The highest BCUT2D eigenvalue weighted by Crippen LogP contribution is 2.31. The summed E-state index contributed by atoms with van der Waals surface area (Å²) in [4.78, 5) is 2.50. The van der Waals surface area contributed by atoms with Crippen LogP contribution in [0.2, 0.25) is 5.02 Å². The monoisotopic (exact) mass is 552 g/mol. The highest BCUT2D eigenvalue weighted by atomic mass is 35.5. The van der Waals surface area contributed by atoms with Gasteiger partial charge < -0.3 is 14.6 Å². The lowest BCUT2D eigenvalue weighted by atomic mass is 10.2. The van der Waals surface area contributed by atoms with Crippen molar-refractivity contribution in [2.45, 2.75) is 24.3 Å². The quantitative estimate of drug-likeness (QED) is 0.365. The van der Waals surface area contributed by atoms with Gasteiger partial charge in [0.2, 0.25) is 0 Å². The Morgan fingerprint density at radius 2 is 1.61 bits per heavy atom. The lowest BCUT2D eigenvalue weighted by Gasteiger charge is -2.25. The molecule has 1 aliphatic heterocycles. The summed E-state index contributed by atoms with van der Waals surface area (Å²) >= 11 is 6.31. The summed E-state index contributed by atoms with van der Waals surface area (Å²) in [5.74, 6) is 1.25. The lowest BCUT2D eigenvalue weighted by Crippen LogP contribution is -2.30. The molecule has 1 heterocycles. The third-order valence-electron chi connectivity index (χ3n) is 6.00. The van der Waals surface area contributed by atoms with Gasteiger partial charge in [0.05, 0.1) is 24.2 Å². The van der Waals surface area contributed by atoms with Gasteiger partial charge in [-0.15, -0.1) is 12.4 Å². The van der Waals surface area contributed by atoms with Crippen molar-refractivity contribution in [1.29, 1.82) is 0 Å². The molecule has 0 atom stereocenters. The van der Waals surface area contributed by atoms with Crippen LogP contribution in [0.3, 0.4) is 0 Å². The topological polar surface area (TPSA) is 79.3 Å². The molecule has 4 rings (SSSR count). The number of hydrogen-bond donors (Lipinski definition) is 1. The molecule has 36 heavy (non-hydrogen) atoms. The van der Waals surface area contributed by atoms with Crippen molar-refractivity contribution in [2.75, 3.05) is 37.7 Å². The Balaban J connectivity index is 0.00000361. The molecule has 3 aromatic rings. The fraction of sp³-hybridized carbons (Fsp3) is 0.308. The SMILES string of the molecule is COc1ccc(S(=O)(=O)N(Cc2ccc(O)cc2Cl)c2ccc(OCCN3CCCC3)cc2)cc1.Cl. The highest BCUT2D eigenvalue weighted by Gasteiger charge is 2.26. The van der Waals surface area contributed by atoms with E-state index in [-0.39, 0.29) is 34.6 Å². The Morgan fingerprint density at radius 3 is 2.22 bits per heavy atom. The van der Waals surface area contributed by atoms with Crippen LogP contribution in [0, 0.1) is 0 Å². The van der Waals surface area contributed by atoms with E-state index in [0.29, 0.717) is 29.4 Å². The van der Waals surface area contributed by atoms with Crippen LogP contribution in [-0.2, 0) is 16.6 Å². The summed E-state index contributed by atoms with van der Waals surface area (Å²) in [6, 6.07) is 17.7. The summed E-state index contributed by atoms with van der Waals surface area (Å²) in [6.45, 7) is 3.67. The maximum absolute atomic E-state index is 13.7. The summed E-state index contributed by atoms with van der Waals surface area (Å²) < 4.78 is 39.7. The van der Waals surface area contributed by atoms with Gasteiger partial charge in [0.1, 0.15) is 23.9 Å². The van der Waals surface area contributed by atoms with Gasteiger partial charge in [-0.25, -0.2) is 8.42 Å². The van der Waals surface area contributed by atoms with Gasteiger partial charge in [0.15, 0.2) is 0 Å². The third-order valence-corrected chi connectivity index (χ3v) is 8.14. The highest BCUT2D eigenvalue weighted by molar-refractivity contribution is 7.92. The Kier molecular flexibility index (Phi) is 9.73. The van der Waals surface area contributed by atoms with E-state index in [4.69, 9.17) is 21.1 Å². The first-order chi connectivity index (χ1) is 16.9. The minimum Gasteiger partial charge on any atom is -0.508 e. The van der Waals surface area contributed by atoms with Crippen molar-refractivity contribution >= 4 is 39.7 Å². The summed E-state index contributed by atoms with van der Waals surface area (Å²) in [5.41, 5.74) is 1.03. The van der Waals surface area contributed by atoms with Crippen LogP contribution in [0.15, 0.2) is 71.6 Å².